The molecule has 0 bridgehead atoms. The highest BCUT2D eigenvalue weighted by Crippen LogP contribution is 2.41. The lowest BCUT2D eigenvalue weighted by atomic mass is 9.82. The van der Waals surface area contributed by atoms with Gasteiger partial charge in [0, 0.05) is 29.8 Å². The Labute approximate surface area is 295 Å². The molecule has 1 fully saturated rings. The molecular weight excluding hydrogens is 691 g/mol. The Kier molecular flexibility index (Phi) is 11.6. The van der Waals surface area contributed by atoms with Crippen molar-refractivity contribution in [3.63, 3.8) is 0 Å². The van der Waals surface area contributed by atoms with Crippen molar-refractivity contribution in [2.45, 2.75) is 103 Å². The van der Waals surface area contributed by atoms with E-state index < -0.39 is 45.3 Å². The Morgan fingerprint density at radius 3 is 2.18 bits per heavy atom. The second-order valence-corrected chi connectivity index (χ2v) is 16.1. The van der Waals surface area contributed by atoms with Gasteiger partial charge < -0.3 is 25.2 Å². The quantitative estimate of drug-likeness (QED) is 0.150. The van der Waals surface area contributed by atoms with E-state index in [9.17, 15) is 36.3 Å². The summed E-state index contributed by atoms with van der Waals surface area (Å²) in [4.78, 5) is 32.0. The molecule has 0 aliphatic heterocycles. The number of rotatable bonds is 13. The van der Waals surface area contributed by atoms with Crippen molar-refractivity contribution in [1.82, 2.24) is 20.6 Å². The van der Waals surface area contributed by atoms with Crippen LogP contribution in [0.1, 0.15) is 75.4 Å². The zero-order valence-electron chi connectivity index (χ0n) is 29.5. The van der Waals surface area contributed by atoms with Gasteiger partial charge in [0.05, 0.1) is 21.6 Å². The van der Waals surface area contributed by atoms with Gasteiger partial charge in [0.25, 0.3) is 10.0 Å². The van der Waals surface area contributed by atoms with E-state index in [1.165, 1.54) is 24.3 Å². The molecule has 1 aliphatic rings. The number of benzene rings is 2. The van der Waals surface area contributed by atoms with Crippen LogP contribution in [0.5, 0.6) is 5.88 Å². The molecule has 4 N–H and O–H groups in total. The zero-order chi connectivity index (χ0) is 37.9. The summed E-state index contributed by atoms with van der Waals surface area (Å²) in [5, 5.41) is 15.4. The number of hydrogen-bond acceptors (Lipinski definition) is 9. The fraction of sp³-hybridized carbons (Fsp3) is 0.486. The molecule has 12 nitrogen and oxygen atoms in total. The molecule has 0 radical (unpaired) electrons. The summed E-state index contributed by atoms with van der Waals surface area (Å²) < 4.78 is 82.3. The van der Waals surface area contributed by atoms with Crippen molar-refractivity contribution in [3.8, 4) is 17.1 Å². The Bertz CT molecular complexity index is 1840. The molecule has 16 heteroatoms. The highest BCUT2D eigenvalue weighted by Gasteiger charge is 2.48. The Balaban J connectivity index is 1.61. The standard InChI is InChI=1S/C35H44F3N5O7S/c1-20-10-8-11-21(2)29(20)27-17-28(42-31(41-27)43-51(47,48)26-13-9-12-22(14-26)30(44)45)49-19-25(18-34(6,7)35(36,37)38)39-23-15-24(16-23)40-32(46)50-33(3,4)5/h8-14,17,23-25,39H,15-16,18-19H2,1-7H3,(H,40,46)(H,44,45)(H,41,42,43)/t23?,24?,25-/m1/s1. The van der Waals surface area contributed by atoms with Gasteiger partial charge >= 0.3 is 18.2 Å². The number of aromatic nitrogens is 2. The number of anilines is 1. The van der Waals surface area contributed by atoms with Crippen molar-refractivity contribution in [2.75, 3.05) is 11.3 Å². The number of carbonyl (C=O) groups excluding carboxylic acids is 1. The summed E-state index contributed by atoms with van der Waals surface area (Å²) in [6.07, 6.45) is -4.52. The maximum Gasteiger partial charge on any atom is 0.407 e. The van der Waals surface area contributed by atoms with Crippen molar-refractivity contribution in [3.05, 3.63) is 65.2 Å². The van der Waals surface area contributed by atoms with Crippen LogP contribution >= 0.6 is 0 Å². The third kappa shape index (κ3) is 10.5. The van der Waals surface area contributed by atoms with Crippen LogP contribution in [-0.4, -0.2) is 72.1 Å². The first-order valence-electron chi connectivity index (χ1n) is 16.3. The van der Waals surface area contributed by atoms with Crippen LogP contribution in [0.4, 0.5) is 23.9 Å². The molecular formula is C35H44F3N5O7S. The lowest BCUT2D eigenvalue weighted by Gasteiger charge is -2.40. The number of carbonyl (C=O) groups is 2. The number of sulfonamides is 1. The number of alkyl halides is 3. The number of alkyl carbamates (subject to hydrolysis) is 1. The van der Waals surface area contributed by atoms with Crippen LogP contribution < -0.4 is 20.1 Å². The van der Waals surface area contributed by atoms with Crippen LogP contribution in [0.15, 0.2) is 53.4 Å². The van der Waals surface area contributed by atoms with Crippen molar-refractivity contribution >= 4 is 28.0 Å². The predicted octanol–water partition coefficient (Wildman–Crippen LogP) is 6.63. The SMILES string of the molecule is Cc1cccc(C)c1-c1cc(OC[C@@H](CC(C)(C)C(F)(F)F)NC2CC(NC(=O)OC(C)(C)C)C2)nc(NS(=O)(=O)c2cccc(C(=O)O)c2)n1. The van der Waals surface area contributed by atoms with Crippen LogP contribution in [0.2, 0.25) is 0 Å². The first-order valence-corrected chi connectivity index (χ1v) is 17.8. The fourth-order valence-electron chi connectivity index (χ4n) is 5.63. The van der Waals surface area contributed by atoms with Gasteiger partial charge in [0.1, 0.15) is 12.2 Å². The molecule has 0 spiro atoms. The minimum atomic E-state index is -4.51. The highest BCUT2D eigenvalue weighted by molar-refractivity contribution is 7.92. The van der Waals surface area contributed by atoms with Crippen LogP contribution in [0, 0.1) is 19.3 Å². The summed E-state index contributed by atoms with van der Waals surface area (Å²) in [5.74, 6) is -1.81. The number of aryl methyl sites for hydroxylation is 2. The third-order valence-electron chi connectivity index (χ3n) is 8.34. The molecule has 1 heterocycles. The molecule has 1 aromatic heterocycles. The van der Waals surface area contributed by atoms with E-state index in [0.29, 0.717) is 24.1 Å². The van der Waals surface area contributed by atoms with Crippen LogP contribution in [-0.2, 0) is 14.8 Å². The highest BCUT2D eigenvalue weighted by atomic mass is 32.2. The minimum Gasteiger partial charge on any atom is -0.478 e. The van der Waals surface area contributed by atoms with Crippen molar-refractivity contribution < 1.29 is 45.8 Å². The predicted molar refractivity (Wildman–Crippen MR) is 184 cm³/mol. The van der Waals surface area contributed by atoms with Crippen LogP contribution in [0.25, 0.3) is 11.3 Å². The number of carboxylic acids is 1. The molecule has 4 rings (SSSR count). The maximum absolute atomic E-state index is 14.0. The number of nitrogens with one attached hydrogen (secondary N) is 3. The van der Waals surface area contributed by atoms with Gasteiger partial charge in [-0.2, -0.15) is 18.2 Å². The van der Waals surface area contributed by atoms with Gasteiger partial charge in [0.2, 0.25) is 11.8 Å². The number of amides is 1. The topological polar surface area (TPSA) is 169 Å². The summed E-state index contributed by atoms with van der Waals surface area (Å²) >= 11 is 0. The van der Waals surface area contributed by atoms with E-state index in [4.69, 9.17) is 9.47 Å². The smallest absolute Gasteiger partial charge is 0.407 e. The van der Waals surface area contributed by atoms with E-state index in [0.717, 1.165) is 31.0 Å². The maximum atomic E-state index is 14.0. The third-order valence-corrected chi connectivity index (χ3v) is 9.67. The molecule has 1 aliphatic carbocycles. The largest absolute Gasteiger partial charge is 0.478 e. The van der Waals surface area contributed by atoms with Gasteiger partial charge in [-0.25, -0.2) is 27.7 Å². The molecule has 51 heavy (non-hydrogen) atoms. The van der Waals surface area contributed by atoms with Gasteiger partial charge in [-0.15, -0.1) is 0 Å². The first kappa shape index (κ1) is 39.3. The minimum absolute atomic E-state index is 0.102. The van der Waals surface area contributed by atoms with Gasteiger partial charge in [0.15, 0.2) is 0 Å². The van der Waals surface area contributed by atoms with E-state index in [1.54, 1.807) is 20.8 Å². The molecule has 1 amide bonds. The molecule has 2 aromatic carbocycles. The van der Waals surface area contributed by atoms with E-state index >= 15 is 0 Å². The summed E-state index contributed by atoms with van der Waals surface area (Å²) in [7, 11) is -4.38. The average molecular weight is 736 g/mol. The number of ether oxygens (including phenoxy) is 2. The number of carboxylic acid groups (broad SMARTS) is 1. The summed E-state index contributed by atoms with van der Waals surface area (Å²) in [6.45, 7) is 10.8. The molecule has 0 saturated heterocycles. The number of nitrogens with zero attached hydrogens (tertiary/aromatic N) is 2. The lowest BCUT2D eigenvalue weighted by molar-refractivity contribution is -0.216. The molecule has 1 atom stereocenters. The zero-order valence-corrected chi connectivity index (χ0v) is 30.3. The normalized spacial score (nSPS) is 17.2. The van der Waals surface area contributed by atoms with E-state index in [2.05, 4.69) is 25.3 Å². The Morgan fingerprint density at radius 1 is 0.961 bits per heavy atom. The Hall–Kier alpha value is -4.44. The Morgan fingerprint density at radius 2 is 1.59 bits per heavy atom. The summed E-state index contributed by atoms with van der Waals surface area (Å²) in [5.41, 5.74) is -0.424. The summed E-state index contributed by atoms with van der Waals surface area (Å²) in [6, 6.07) is 10.5. The second kappa shape index (κ2) is 15.0. The molecule has 3 aromatic rings. The van der Waals surface area contributed by atoms with Crippen molar-refractivity contribution in [1.29, 1.82) is 0 Å². The van der Waals surface area contributed by atoms with Gasteiger partial charge in [-0.3, -0.25) is 0 Å². The van der Waals surface area contributed by atoms with Crippen LogP contribution in [0.3, 0.4) is 0 Å². The monoisotopic (exact) mass is 735 g/mol. The van der Waals surface area contributed by atoms with Gasteiger partial charge in [-0.1, -0.05) is 38.1 Å². The van der Waals surface area contributed by atoms with Gasteiger partial charge in [-0.05, 0) is 83.2 Å². The molecule has 0 unspecified atom stereocenters. The first-order chi connectivity index (χ1) is 23.5. The average Bonchev–Trinajstić information content (AvgIpc) is 2.97. The fourth-order valence-corrected chi connectivity index (χ4v) is 6.62. The second-order valence-electron chi connectivity index (χ2n) is 14.4. The molecule has 278 valence electrons. The lowest BCUT2D eigenvalue weighted by Crippen LogP contribution is -2.57. The number of aromatic carboxylic acids is 1. The van der Waals surface area contributed by atoms with Crippen molar-refractivity contribution in [2.24, 2.45) is 5.41 Å². The van der Waals surface area contributed by atoms with E-state index in [1.807, 2.05) is 32.0 Å². The number of hydrogen-bond donors (Lipinski definition) is 4. The van der Waals surface area contributed by atoms with E-state index in [-0.39, 0.29) is 47.4 Å². The molecule has 1 saturated carbocycles. The number of halogens is 3.